The molecule has 0 radical (unpaired) electrons. The first kappa shape index (κ1) is 12.0. The quantitative estimate of drug-likeness (QED) is 0.716. The molecule has 14 heavy (non-hydrogen) atoms. The van der Waals surface area contributed by atoms with Crippen LogP contribution in [0.4, 0.5) is 0 Å². The fraction of sp³-hybridized carbons (Fsp3) is 1.00. The minimum absolute atomic E-state index is 0.653. The van der Waals surface area contributed by atoms with Crippen LogP contribution in [0.1, 0.15) is 20.3 Å². The van der Waals surface area contributed by atoms with Gasteiger partial charge in [-0.3, -0.25) is 4.90 Å². The Labute approximate surface area is 88.5 Å². The van der Waals surface area contributed by atoms with E-state index in [4.69, 9.17) is 0 Å². The molecular formula is C11H25N3. The average molecular weight is 199 g/mol. The molecule has 1 aliphatic heterocycles. The summed E-state index contributed by atoms with van der Waals surface area (Å²) in [7, 11) is 4.31. The third kappa shape index (κ3) is 3.56. The van der Waals surface area contributed by atoms with E-state index in [9.17, 15) is 0 Å². The monoisotopic (exact) mass is 199 g/mol. The van der Waals surface area contributed by atoms with Gasteiger partial charge in [-0.05, 0) is 34.0 Å². The number of nitrogens with one attached hydrogen (secondary N) is 1. The predicted octanol–water partition coefficient (Wildman–Crippen LogP) is 0.620. The first-order valence-electron chi connectivity index (χ1n) is 5.75. The summed E-state index contributed by atoms with van der Waals surface area (Å²) in [4.78, 5) is 4.91. The molecule has 0 aromatic carbocycles. The largest absolute Gasteiger partial charge is 0.311 e. The van der Waals surface area contributed by atoms with Gasteiger partial charge in [0.1, 0.15) is 0 Å². The maximum Gasteiger partial charge on any atom is 0.0348 e. The topological polar surface area (TPSA) is 18.5 Å². The fourth-order valence-corrected chi connectivity index (χ4v) is 2.19. The zero-order valence-electron chi connectivity index (χ0n) is 10.1. The lowest BCUT2D eigenvalue weighted by molar-refractivity contribution is 0.112. The zero-order valence-corrected chi connectivity index (χ0v) is 10.1. The first-order chi connectivity index (χ1) is 6.63. The number of piperazine rings is 1. The molecule has 1 rings (SSSR count). The van der Waals surface area contributed by atoms with E-state index in [0.29, 0.717) is 12.1 Å². The Morgan fingerprint density at radius 3 is 2.71 bits per heavy atom. The van der Waals surface area contributed by atoms with Crippen molar-refractivity contribution in [2.45, 2.75) is 32.4 Å². The smallest absolute Gasteiger partial charge is 0.0348 e. The molecule has 2 atom stereocenters. The lowest BCUT2D eigenvalue weighted by Crippen LogP contribution is -2.58. The summed E-state index contributed by atoms with van der Waals surface area (Å²) in [5.41, 5.74) is 0. The molecule has 1 heterocycles. The number of rotatable bonds is 4. The van der Waals surface area contributed by atoms with Gasteiger partial charge in [0.05, 0.1) is 0 Å². The molecule has 0 bridgehead atoms. The first-order valence-corrected chi connectivity index (χ1v) is 5.75. The lowest BCUT2D eigenvalue weighted by atomic mass is 10.1. The number of hydrogen-bond acceptors (Lipinski definition) is 3. The van der Waals surface area contributed by atoms with Crippen LogP contribution < -0.4 is 5.32 Å². The third-order valence-corrected chi connectivity index (χ3v) is 2.81. The Balaban J connectivity index is 2.44. The Morgan fingerprint density at radius 1 is 1.43 bits per heavy atom. The van der Waals surface area contributed by atoms with Gasteiger partial charge in [-0.15, -0.1) is 0 Å². The van der Waals surface area contributed by atoms with Crippen LogP contribution in [0, 0.1) is 0 Å². The van der Waals surface area contributed by atoms with E-state index in [0.717, 1.165) is 6.54 Å². The maximum atomic E-state index is 3.56. The lowest BCUT2D eigenvalue weighted by Gasteiger charge is -2.40. The molecule has 84 valence electrons. The van der Waals surface area contributed by atoms with E-state index < -0.39 is 0 Å². The zero-order chi connectivity index (χ0) is 10.6. The summed E-state index contributed by atoms with van der Waals surface area (Å²) in [6.07, 6.45) is 1.26. The molecule has 0 saturated carbocycles. The molecule has 1 aliphatic rings. The van der Waals surface area contributed by atoms with Gasteiger partial charge in [0.2, 0.25) is 0 Å². The Kier molecular flexibility index (Phi) is 4.85. The van der Waals surface area contributed by atoms with E-state index in [1.54, 1.807) is 0 Å². The van der Waals surface area contributed by atoms with Gasteiger partial charge in [-0.1, -0.05) is 6.92 Å². The highest BCUT2D eigenvalue weighted by molar-refractivity contribution is 4.85. The molecular weight excluding hydrogens is 174 g/mol. The average Bonchev–Trinajstić information content (AvgIpc) is 2.09. The van der Waals surface area contributed by atoms with Crippen LogP contribution in [0.3, 0.4) is 0 Å². The molecule has 3 nitrogen and oxygen atoms in total. The summed E-state index contributed by atoms with van der Waals surface area (Å²) in [6, 6.07) is 1.35. The molecule has 1 N–H and O–H groups in total. The highest BCUT2D eigenvalue weighted by Crippen LogP contribution is 2.08. The van der Waals surface area contributed by atoms with Crippen LogP contribution >= 0.6 is 0 Å². The van der Waals surface area contributed by atoms with Crippen LogP contribution in [0.25, 0.3) is 0 Å². The van der Waals surface area contributed by atoms with E-state index in [1.807, 2.05) is 0 Å². The highest BCUT2D eigenvalue weighted by Gasteiger charge is 2.24. The van der Waals surface area contributed by atoms with Crippen molar-refractivity contribution in [2.75, 3.05) is 40.3 Å². The second-order valence-corrected chi connectivity index (χ2v) is 4.72. The van der Waals surface area contributed by atoms with Crippen molar-refractivity contribution >= 4 is 0 Å². The van der Waals surface area contributed by atoms with Gasteiger partial charge >= 0.3 is 0 Å². The van der Waals surface area contributed by atoms with Crippen molar-refractivity contribution in [3.63, 3.8) is 0 Å². The predicted molar refractivity (Wildman–Crippen MR) is 61.7 cm³/mol. The molecule has 3 heteroatoms. The summed E-state index contributed by atoms with van der Waals surface area (Å²) in [5, 5.41) is 3.56. The summed E-state index contributed by atoms with van der Waals surface area (Å²) >= 11 is 0. The van der Waals surface area contributed by atoms with E-state index in [1.165, 1.54) is 26.1 Å². The van der Waals surface area contributed by atoms with Gasteiger partial charge in [0.15, 0.2) is 0 Å². The van der Waals surface area contributed by atoms with E-state index >= 15 is 0 Å². The summed E-state index contributed by atoms with van der Waals surface area (Å²) in [5.74, 6) is 0. The van der Waals surface area contributed by atoms with Crippen LogP contribution in [-0.2, 0) is 0 Å². The van der Waals surface area contributed by atoms with Crippen molar-refractivity contribution in [1.29, 1.82) is 0 Å². The Bertz CT molecular complexity index is 157. The van der Waals surface area contributed by atoms with Crippen LogP contribution in [0.2, 0.25) is 0 Å². The molecule has 1 fully saturated rings. The SMILES string of the molecule is CCCN1CC(C)NCC1CN(C)C. The van der Waals surface area contributed by atoms with Crippen molar-refractivity contribution in [3.8, 4) is 0 Å². The van der Waals surface area contributed by atoms with Gasteiger partial charge in [0.25, 0.3) is 0 Å². The molecule has 0 aromatic heterocycles. The van der Waals surface area contributed by atoms with Crippen molar-refractivity contribution in [2.24, 2.45) is 0 Å². The van der Waals surface area contributed by atoms with Crippen LogP contribution in [-0.4, -0.2) is 62.2 Å². The van der Waals surface area contributed by atoms with Gasteiger partial charge in [0, 0.05) is 31.7 Å². The van der Waals surface area contributed by atoms with Crippen LogP contribution in [0.15, 0.2) is 0 Å². The fourth-order valence-electron chi connectivity index (χ4n) is 2.19. The molecule has 1 saturated heterocycles. The molecule has 0 aromatic rings. The van der Waals surface area contributed by atoms with Gasteiger partial charge < -0.3 is 10.2 Å². The standard InChI is InChI=1S/C11H25N3/c1-5-6-14-8-10(2)12-7-11(14)9-13(3)4/h10-12H,5-9H2,1-4H3. The van der Waals surface area contributed by atoms with Crippen molar-refractivity contribution in [3.05, 3.63) is 0 Å². The van der Waals surface area contributed by atoms with Crippen LogP contribution in [0.5, 0.6) is 0 Å². The third-order valence-electron chi connectivity index (χ3n) is 2.81. The van der Waals surface area contributed by atoms with E-state index in [2.05, 4.69) is 43.1 Å². The number of nitrogens with zero attached hydrogens (tertiary/aromatic N) is 2. The van der Waals surface area contributed by atoms with Gasteiger partial charge in [-0.25, -0.2) is 0 Å². The van der Waals surface area contributed by atoms with Crippen molar-refractivity contribution < 1.29 is 0 Å². The molecule has 0 amide bonds. The van der Waals surface area contributed by atoms with Gasteiger partial charge in [-0.2, -0.15) is 0 Å². The Morgan fingerprint density at radius 2 is 2.14 bits per heavy atom. The minimum atomic E-state index is 0.653. The normalized spacial score (nSPS) is 29.8. The molecule has 2 unspecified atom stereocenters. The highest BCUT2D eigenvalue weighted by atomic mass is 15.3. The Hall–Kier alpha value is -0.120. The molecule has 0 aliphatic carbocycles. The minimum Gasteiger partial charge on any atom is -0.311 e. The number of likely N-dealkylation sites (N-methyl/N-ethyl adjacent to an activating group) is 1. The second kappa shape index (κ2) is 5.69. The number of hydrogen-bond donors (Lipinski definition) is 1. The molecule has 0 spiro atoms. The maximum absolute atomic E-state index is 3.56. The summed E-state index contributed by atoms with van der Waals surface area (Å²) in [6.45, 7) is 9.28. The van der Waals surface area contributed by atoms with Crippen molar-refractivity contribution in [1.82, 2.24) is 15.1 Å². The second-order valence-electron chi connectivity index (χ2n) is 4.72. The summed E-state index contributed by atoms with van der Waals surface area (Å²) < 4.78 is 0. The van der Waals surface area contributed by atoms with E-state index in [-0.39, 0.29) is 0 Å².